The van der Waals surface area contributed by atoms with Crippen molar-refractivity contribution in [1.29, 1.82) is 0 Å². The largest absolute Gasteiger partial charge is 0.338 e. The third-order valence-electron chi connectivity index (χ3n) is 6.37. The minimum Gasteiger partial charge on any atom is -0.338 e. The van der Waals surface area contributed by atoms with Crippen LogP contribution in [0.4, 0.5) is 5.95 Å². The van der Waals surface area contributed by atoms with Crippen molar-refractivity contribution in [3.63, 3.8) is 0 Å². The molecule has 6 nitrogen and oxygen atoms in total. The highest BCUT2D eigenvalue weighted by molar-refractivity contribution is 6.10. The lowest BCUT2D eigenvalue weighted by Crippen LogP contribution is -2.55. The van der Waals surface area contributed by atoms with Gasteiger partial charge in [0.05, 0.1) is 0 Å². The molecule has 2 unspecified atom stereocenters. The molecule has 4 rings (SSSR count). The Morgan fingerprint density at radius 2 is 1.83 bits per heavy atom. The van der Waals surface area contributed by atoms with E-state index in [1.165, 1.54) is 0 Å². The van der Waals surface area contributed by atoms with Crippen molar-refractivity contribution in [2.75, 3.05) is 31.1 Å². The van der Waals surface area contributed by atoms with Crippen LogP contribution in [0.15, 0.2) is 18.5 Å². The van der Waals surface area contributed by atoms with E-state index in [9.17, 15) is 9.59 Å². The van der Waals surface area contributed by atoms with Crippen LogP contribution >= 0.6 is 0 Å². The second-order valence-corrected chi connectivity index (χ2v) is 7.90. The highest BCUT2D eigenvalue weighted by Crippen LogP contribution is 2.60. The molecule has 3 fully saturated rings. The van der Waals surface area contributed by atoms with E-state index in [1.807, 2.05) is 18.7 Å². The van der Waals surface area contributed by atoms with Crippen LogP contribution in [-0.2, 0) is 9.59 Å². The third kappa shape index (κ3) is 2.08. The molecule has 3 aliphatic rings. The van der Waals surface area contributed by atoms with E-state index in [1.54, 1.807) is 18.5 Å². The highest BCUT2D eigenvalue weighted by atomic mass is 16.2. The van der Waals surface area contributed by atoms with Crippen molar-refractivity contribution in [2.24, 2.45) is 16.7 Å². The molecular formula is C18H24N4O2. The molecule has 6 heteroatoms. The summed E-state index contributed by atoms with van der Waals surface area (Å²) in [6.07, 6.45) is 5.95. The summed E-state index contributed by atoms with van der Waals surface area (Å²) in [5.41, 5.74) is -1.08. The summed E-state index contributed by atoms with van der Waals surface area (Å²) in [5.74, 6) is 1.31. The molecular weight excluding hydrogens is 304 g/mol. The van der Waals surface area contributed by atoms with Gasteiger partial charge in [0.1, 0.15) is 5.41 Å². The quantitative estimate of drug-likeness (QED) is 0.770. The maximum atomic E-state index is 13.2. The molecule has 1 amide bonds. The summed E-state index contributed by atoms with van der Waals surface area (Å²) < 4.78 is 0. The van der Waals surface area contributed by atoms with Gasteiger partial charge >= 0.3 is 0 Å². The predicted octanol–water partition coefficient (Wildman–Crippen LogP) is 1.52. The standard InChI is InChI=1S/C18H24N4O2/c1-17(2)13-4-5-18(12-13,14(17)23)15(24)21-8-10-22(11-9-21)16-19-6-3-7-20-16/h3,6-7,13H,4-5,8-12H2,1-2H3. The second kappa shape index (κ2) is 5.26. The predicted molar refractivity (Wildman–Crippen MR) is 89.4 cm³/mol. The van der Waals surface area contributed by atoms with Gasteiger partial charge in [-0.05, 0) is 31.2 Å². The van der Waals surface area contributed by atoms with Crippen molar-refractivity contribution < 1.29 is 9.59 Å². The van der Waals surface area contributed by atoms with Crippen molar-refractivity contribution in [1.82, 2.24) is 14.9 Å². The third-order valence-corrected chi connectivity index (χ3v) is 6.37. The number of piperazine rings is 1. The Bertz CT molecular complexity index is 667. The van der Waals surface area contributed by atoms with Crippen LogP contribution in [0.5, 0.6) is 0 Å². The second-order valence-electron chi connectivity index (χ2n) is 7.90. The van der Waals surface area contributed by atoms with Crippen LogP contribution in [0, 0.1) is 16.7 Å². The van der Waals surface area contributed by atoms with Crippen molar-refractivity contribution in [3.8, 4) is 0 Å². The first-order chi connectivity index (χ1) is 11.4. The fraction of sp³-hybridized carbons (Fsp3) is 0.667. The van der Waals surface area contributed by atoms with Crippen LogP contribution in [0.3, 0.4) is 0 Å². The molecule has 0 spiro atoms. The fourth-order valence-corrected chi connectivity index (χ4v) is 4.83. The summed E-state index contributed by atoms with van der Waals surface area (Å²) in [4.78, 5) is 38.6. The Balaban J connectivity index is 1.47. The van der Waals surface area contributed by atoms with E-state index in [0.29, 0.717) is 38.0 Å². The Morgan fingerprint density at radius 1 is 1.17 bits per heavy atom. The van der Waals surface area contributed by atoms with Crippen molar-refractivity contribution in [2.45, 2.75) is 33.1 Å². The first kappa shape index (κ1) is 15.5. The molecule has 1 aromatic heterocycles. The molecule has 2 saturated carbocycles. The van der Waals surface area contributed by atoms with E-state index in [0.717, 1.165) is 19.3 Å². The highest BCUT2D eigenvalue weighted by Gasteiger charge is 2.65. The number of carbonyl (C=O) groups excluding carboxylic acids is 2. The smallest absolute Gasteiger partial charge is 0.236 e. The SMILES string of the molecule is CC1(C)C(=O)C2(C(=O)N3CCN(c4ncccn4)CC3)CCC1C2. The topological polar surface area (TPSA) is 66.4 Å². The first-order valence-corrected chi connectivity index (χ1v) is 8.81. The fourth-order valence-electron chi connectivity index (χ4n) is 4.83. The van der Waals surface area contributed by atoms with Gasteiger partial charge in [0.2, 0.25) is 11.9 Å². The molecule has 2 aliphatic carbocycles. The van der Waals surface area contributed by atoms with Crippen LogP contribution in [0.2, 0.25) is 0 Å². The number of carbonyl (C=O) groups is 2. The van der Waals surface area contributed by atoms with E-state index in [-0.39, 0.29) is 17.1 Å². The van der Waals surface area contributed by atoms with Gasteiger partial charge < -0.3 is 9.80 Å². The summed E-state index contributed by atoms with van der Waals surface area (Å²) in [6, 6.07) is 1.80. The van der Waals surface area contributed by atoms with E-state index in [2.05, 4.69) is 14.9 Å². The molecule has 2 atom stereocenters. The summed E-state index contributed by atoms with van der Waals surface area (Å²) >= 11 is 0. The number of aromatic nitrogens is 2. The number of anilines is 1. The Labute approximate surface area is 142 Å². The van der Waals surface area contributed by atoms with Crippen LogP contribution < -0.4 is 4.90 Å². The lowest BCUT2D eigenvalue weighted by molar-refractivity contribution is -0.151. The number of hydrogen-bond acceptors (Lipinski definition) is 5. The molecule has 0 N–H and O–H groups in total. The lowest BCUT2D eigenvalue weighted by Gasteiger charge is -2.40. The maximum absolute atomic E-state index is 13.2. The zero-order valence-electron chi connectivity index (χ0n) is 14.4. The monoisotopic (exact) mass is 328 g/mol. The molecule has 128 valence electrons. The van der Waals surface area contributed by atoms with Crippen molar-refractivity contribution >= 4 is 17.6 Å². The van der Waals surface area contributed by atoms with Gasteiger partial charge in [-0.2, -0.15) is 0 Å². The van der Waals surface area contributed by atoms with Gasteiger partial charge in [-0.15, -0.1) is 0 Å². The number of amides is 1. The van der Waals surface area contributed by atoms with Gasteiger partial charge in [-0.3, -0.25) is 9.59 Å². The normalized spacial score (nSPS) is 31.6. The minimum absolute atomic E-state index is 0.0641. The van der Waals surface area contributed by atoms with Gasteiger partial charge in [0.25, 0.3) is 0 Å². The average molecular weight is 328 g/mol. The van der Waals surface area contributed by atoms with Gasteiger partial charge in [-0.25, -0.2) is 9.97 Å². The van der Waals surface area contributed by atoms with Crippen LogP contribution in [0.1, 0.15) is 33.1 Å². The number of ketones is 1. The zero-order valence-corrected chi connectivity index (χ0v) is 14.4. The lowest BCUT2D eigenvalue weighted by atomic mass is 9.70. The molecule has 0 aromatic carbocycles. The molecule has 1 aromatic rings. The Morgan fingerprint density at radius 3 is 2.42 bits per heavy atom. The van der Waals surface area contributed by atoms with Gasteiger partial charge in [0.15, 0.2) is 5.78 Å². The number of fused-ring (bicyclic) bond motifs is 2. The summed E-state index contributed by atoms with van der Waals surface area (Å²) in [6.45, 7) is 6.73. The number of hydrogen-bond donors (Lipinski definition) is 0. The number of Topliss-reactive ketones (excluding diaryl/α,β-unsaturated/α-hetero) is 1. The molecule has 1 saturated heterocycles. The minimum atomic E-state index is -0.737. The van der Waals surface area contributed by atoms with Gasteiger partial charge in [-0.1, -0.05) is 13.8 Å². The molecule has 2 bridgehead atoms. The summed E-state index contributed by atoms with van der Waals surface area (Å²) in [5, 5.41) is 0. The van der Waals surface area contributed by atoms with Crippen molar-refractivity contribution in [3.05, 3.63) is 18.5 Å². The first-order valence-electron chi connectivity index (χ1n) is 8.81. The average Bonchev–Trinajstić information content (AvgIpc) is 3.14. The Kier molecular flexibility index (Phi) is 3.41. The van der Waals surface area contributed by atoms with E-state index in [4.69, 9.17) is 0 Å². The van der Waals surface area contributed by atoms with E-state index < -0.39 is 5.41 Å². The zero-order chi connectivity index (χ0) is 16.9. The summed E-state index contributed by atoms with van der Waals surface area (Å²) in [7, 11) is 0. The maximum Gasteiger partial charge on any atom is 0.236 e. The van der Waals surface area contributed by atoms with Crippen LogP contribution in [0.25, 0.3) is 0 Å². The van der Waals surface area contributed by atoms with Crippen LogP contribution in [-0.4, -0.2) is 52.7 Å². The molecule has 1 aliphatic heterocycles. The van der Waals surface area contributed by atoms with Gasteiger partial charge in [0, 0.05) is 44.0 Å². The Hall–Kier alpha value is -1.98. The number of nitrogens with zero attached hydrogens (tertiary/aromatic N) is 4. The number of rotatable bonds is 2. The molecule has 2 heterocycles. The molecule has 24 heavy (non-hydrogen) atoms. The van der Waals surface area contributed by atoms with E-state index >= 15 is 0 Å². The molecule has 0 radical (unpaired) electrons.